The first-order chi connectivity index (χ1) is 19.6. The molecule has 1 aromatic carbocycles. The number of benzene rings is 1. The number of nitrogens with zero attached hydrogens (tertiary/aromatic N) is 5. The van der Waals surface area contributed by atoms with Crippen LogP contribution in [-0.2, 0) is 29.2 Å². The Morgan fingerprint density at radius 1 is 1.20 bits per heavy atom. The van der Waals surface area contributed by atoms with Crippen molar-refractivity contribution in [2.45, 2.75) is 56.1 Å². The number of rotatable bonds is 6. The molecule has 3 heterocycles. The second kappa shape index (κ2) is 10.4. The van der Waals surface area contributed by atoms with Gasteiger partial charge in [-0.05, 0) is 68.6 Å². The lowest BCUT2D eigenvalue weighted by atomic mass is 9.90. The Bertz CT molecular complexity index is 1490. The number of imidazole rings is 1. The largest absolute Gasteiger partial charge is 0.467 e. The van der Waals surface area contributed by atoms with E-state index in [-0.39, 0.29) is 40.7 Å². The van der Waals surface area contributed by atoms with Crippen molar-refractivity contribution in [2.75, 3.05) is 23.9 Å². The summed E-state index contributed by atoms with van der Waals surface area (Å²) in [7, 11) is 5.02. The van der Waals surface area contributed by atoms with Gasteiger partial charge in [0, 0.05) is 38.3 Å². The van der Waals surface area contributed by atoms with Crippen molar-refractivity contribution < 1.29 is 23.8 Å². The summed E-state index contributed by atoms with van der Waals surface area (Å²) in [5, 5.41) is 19.3. The van der Waals surface area contributed by atoms with E-state index in [9.17, 15) is 19.1 Å². The minimum absolute atomic E-state index is 0.0617. The molecule has 10 nitrogen and oxygen atoms in total. The zero-order valence-corrected chi connectivity index (χ0v) is 24.1. The van der Waals surface area contributed by atoms with Crippen LogP contribution in [0.5, 0.6) is 0 Å². The fourth-order valence-electron chi connectivity index (χ4n) is 7.33. The van der Waals surface area contributed by atoms with E-state index >= 15 is 0 Å². The van der Waals surface area contributed by atoms with E-state index in [1.54, 1.807) is 22.6 Å². The fourth-order valence-corrected chi connectivity index (χ4v) is 7.51. The van der Waals surface area contributed by atoms with Crippen LogP contribution in [0.15, 0.2) is 30.6 Å². The van der Waals surface area contributed by atoms with Crippen LogP contribution in [-0.4, -0.2) is 56.0 Å². The van der Waals surface area contributed by atoms with Gasteiger partial charge < -0.3 is 24.6 Å². The van der Waals surface area contributed by atoms with Crippen LogP contribution in [0.3, 0.4) is 0 Å². The first-order valence-corrected chi connectivity index (χ1v) is 14.3. The van der Waals surface area contributed by atoms with Crippen LogP contribution in [0.25, 0.3) is 0 Å². The number of nitrogens with one attached hydrogen (secondary N) is 1. The summed E-state index contributed by atoms with van der Waals surface area (Å²) in [5.74, 6) is 0.168. The van der Waals surface area contributed by atoms with Crippen molar-refractivity contribution in [2.24, 2.45) is 25.9 Å². The zero-order chi connectivity index (χ0) is 29.1. The number of anilines is 2. The standard InChI is InChI=1S/C29H34ClFN6O4/c1-35-15-32-25(26(35)27(38)33-19-6-7-21(31)20(30)11-19)16-9-17-13-29(40,14-18(17)10-16)23-12-24(34-36(23)2)37-8-4-5-22(37)28(39)41-3/h6-7,11-12,15-18,22,40H,4-5,8-10,13-14H2,1-3H3,(H,33,38). The van der Waals surface area contributed by atoms with Crippen molar-refractivity contribution in [3.63, 3.8) is 0 Å². The minimum atomic E-state index is -1.02. The molecule has 41 heavy (non-hydrogen) atoms. The molecule has 2 saturated carbocycles. The molecule has 12 heteroatoms. The van der Waals surface area contributed by atoms with Gasteiger partial charge >= 0.3 is 5.97 Å². The van der Waals surface area contributed by atoms with Crippen molar-refractivity contribution in [3.05, 3.63) is 58.5 Å². The Morgan fingerprint density at radius 2 is 1.93 bits per heavy atom. The lowest BCUT2D eigenvalue weighted by Gasteiger charge is -2.25. The molecule has 0 bridgehead atoms. The number of amides is 1. The summed E-state index contributed by atoms with van der Waals surface area (Å²) >= 11 is 5.89. The van der Waals surface area contributed by atoms with E-state index < -0.39 is 11.4 Å². The molecule has 218 valence electrons. The van der Waals surface area contributed by atoms with Gasteiger partial charge in [-0.2, -0.15) is 5.10 Å². The molecular weight excluding hydrogens is 551 g/mol. The number of halogens is 2. The predicted octanol–water partition coefficient (Wildman–Crippen LogP) is 4.13. The SMILES string of the molecule is COC(=O)C1CCCN1c1cc(C2(O)CC3CC(c4ncn(C)c4C(=O)Nc4ccc(F)c(Cl)c4)CC3C2)n(C)n1. The number of carbonyl (C=O) groups excluding carboxylic acids is 2. The second-order valence-corrected chi connectivity index (χ2v) is 12.1. The van der Waals surface area contributed by atoms with E-state index in [0.717, 1.165) is 43.6 Å². The Kier molecular flexibility index (Phi) is 7.05. The number of ether oxygens (including phenoxy) is 1. The number of hydrogen-bond donors (Lipinski definition) is 2. The molecule has 3 aromatic rings. The quantitative estimate of drug-likeness (QED) is 0.419. The van der Waals surface area contributed by atoms with Crippen LogP contribution in [0, 0.1) is 17.7 Å². The molecule has 2 aromatic heterocycles. The van der Waals surface area contributed by atoms with Crippen LogP contribution in [0.1, 0.15) is 66.3 Å². The number of esters is 1. The molecule has 1 aliphatic heterocycles. The van der Waals surface area contributed by atoms with E-state index in [4.69, 9.17) is 16.3 Å². The summed E-state index contributed by atoms with van der Waals surface area (Å²) in [6.07, 6.45) is 6.06. The van der Waals surface area contributed by atoms with Crippen LogP contribution >= 0.6 is 11.6 Å². The Balaban J connectivity index is 1.16. The maximum absolute atomic E-state index is 13.6. The lowest BCUT2D eigenvalue weighted by molar-refractivity contribution is -0.141. The molecule has 3 aliphatic rings. The average molecular weight is 585 g/mol. The topological polar surface area (TPSA) is 115 Å². The van der Waals surface area contributed by atoms with Gasteiger partial charge in [-0.1, -0.05) is 11.6 Å². The van der Waals surface area contributed by atoms with Gasteiger partial charge in [-0.3, -0.25) is 9.48 Å². The number of aliphatic hydroxyl groups is 1. The molecule has 6 rings (SSSR count). The second-order valence-electron chi connectivity index (χ2n) is 11.7. The molecule has 2 N–H and O–H groups in total. The first kappa shape index (κ1) is 27.7. The van der Waals surface area contributed by atoms with Crippen LogP contribution in [0.4, 0.5) is 15.9 Å². The molecule has 0 spiro atoms. The molecule has 0 radical (unpaired) electrons. The van der Waals surface area contributed by atoms with E-state index in [1.165, 1.54) is 25.3 Å². The fraction of sp³-hybridized carbons (Fsp3) is 0.517. The summed E-state index contributed by atoms with van der Waals surface area (Å²) < 4.78 is 22.0. The Morgan fingerprint density at radius 3 is 2.61 bits per heavy atom. The highest BCUT2D eigenvalue weighted by Gasteiger charge is 2.52. The maximum Gasteiger partial charge on any atom is 0.328 e. The highest BCUT2D eigenvalue weighted by molar-refractivity contribution is 6.31. The number of aromatic nitrogens is 4. The number of aryl methyl sites for hydroxylation is 2. The molecule has 3 atom stereocenters. The first-order valence-electron chi connectivity index (χ1n) is 14.0. The van der Waals surface area contributed by atoms with Crippen molar-refractivity contribution >= 4 is 35.0 Å². The Labute approximate surface area is 242 Å². The maximum atomic E-state index is 13.6. The molecule has 1 saturated heterocycles. The zero-order valence-electron chi connectivity index (χ0n) is 23.3. The molecule has 3 unspecified atom stereocenters. The number of carbonyl (C=O) groups is 2. The van der Waals surface area contributed by atoms with Gasteiger partial charge in [-0.15, -0.1) is 0 Å². The number of hydrogen-bond acceptors (Lipinski definition) is 7. The lowest BCUT2D eigenvalue weighted by Crippen LogP contribution is -2.37. The third-order valence-electron chi connectivity index (χ3n) is 9.15. The van der Waals surface area contributed by atoms with Gasteiger partial charge in [0.05, 0.1) is 29.8 Å². The van der Waals surface area contributed by atoms with E-state index in [0.29, 0.717) is 30.0 Å². The van der Waals surface area contributed by atoms with Crippen molar-refractivity contribution in [3.8, 4) is 0 Å². The minimum Gasteiger partial charge on any atom is -0.467 e. The van der Waals surface area contributed by atoms with E-state index in [1.807, 2.05) is 18.0 Å². The summed E-state index contributed by atoms with van der Waals surface area (Å²) in [4.78, 5) is 32.1. The van der Waals surface area contributed by atoms with Gasteiger partial charge in [0.15, 0.2) is 5.82 Å². The molecule has 2 aliphatic carbocycles. The average Bonchev–Trinajstić information content (AvgIpc) is 3.74. The summed E-state index contributed by atoms with van der Waals surface area (Å²) in [6.45, 7) is 0.718. The van der Waals surface area contributed by atoms with Crippen molar-refractivity contribution in [1.82, 2.24) is 19.3 Å². The van der Waals surface area contributed by atoms with Crippen molar-refractivity contribution in [1.29, 1.82) is 0 Å². The number of fused-ring (bicyclic) bond motifs is 1. The normalized spacial score (nSPS) is 27.3. The highest BCUT2D eigenvalue weighted by atomic mass is 35.5. The molecule has 3 fully saturated rings. The monoisotopic (exact) mass is 584 g/mol. The van der Waals surface area contributed by atoms with Gasteiger partial charge in [0.25, 0.3) is 5.91 Å². The van der Waals surface area contributed by atoms with Gasteiger partial charge in [-0.25, -0.2) is 14.2 Å². The number of methoxy groups -OCH3 is 1. The van der Waals surface area contributed by atoms with Crippen LogP contribution in [0.2, 0.25) is 5.02 Å². The smallest absolute Gasteiger partial charge is 0.328 e. The van der Waals surface area contributed by atoms with Gasteiger partial charge in [0.1, 0.15) is 23.2 Å². The van der Waals surface area contributed by atoms with Gasteiger partial charge in [0.2, 0.25) is 0 Å². The van der Waals surface area contributed by atoms with Crippen LogP contribution < -0.4 is 10.2 Å². The summed E-state index contributed by atoms with van der Waals surface area (Å²) in [5.41, 5.74) is 1.34. The highest BCUT2D eigenvalue weighted by Crippen LogP contribution is 2.57. The molecule has 1 amide bonds. The Hall–Kier alpha value is -3.44. The predicted molar refractivity (Wildman–Crippen MR) is 150 cm³/mol. The van der Waals surface area contributed by atoms with E-state index in [2.05, 4.69) is 15.4 Å². The third kappa shape index (κ3) is 4.88. The summed E-state index contributed by atoms with van der Waals surface area (Å²) in [6, 6.07) is 5.64. The molecular formula is C29H34ClFN6O4. The third-order valence-corrected chi connectivity index (χ3v) is 9.44.